The molecule has 21 heteroatoms. The number of phenolic OH excluding ortho intramolecular Hbond substituents is 1. The molecule has 0 bridgehead atoms. The number of hydrogen-bond acceptors (Lipinski definition) is 21. The third-order valence-electron chi connectivity index (χ3n) is 9.06. The Morgan fingerprint density at radius 3 is 1.65 bits per heavy atom. The van der Waals surface area contributed by atoms with Crippen LogP contribution in [-0.2, 0) is 76.2 Å². The number of esters is 7. The first-order valence-electron chi connectivity index (χ1n) is 18.9. The molecule has 0 spiro atoms. The van der Waals surface area contributed by atoms with Crippen LogP contribution < -0.4 is 14.9 Å². The van der Waals surface area contributed by atoms with Crippen molar-refractivity contribution >= 4 is 52.8 Å². The summed E-state index contributed by atoms with van der Waals surface area (Å²) in [6.45, 7) is 8.43. The minimum Gasteiger partial charge on any atom is -0.507 e. The molecule has 2 saturated heterocycles. The van der Waals surface area contributed by atoms with Gasteiger partial charge in [0.05, 0.1) is 18.3 Å². The molecule has 2 fully saturated rings. The highest BCUT2D eigenvalue weighted by Crippen LogP contribution is 2.36. The van der Waals surface area contributed by atoms with Gasteiger partial charge in [0.2, 0.25) is 17.8 Å². The Balaban J connectivity index is 1.51. The molecule has 0 saturated carbocycles. The van der Waals surface area contributed by atoms with Crippen LogP contribution in [0.15, 0.2) is 51.9 Å². The Morgan fingerprint density at radius 1 is 0.597 bits per heavy atom. The van der Waals surface area contributed by atoms with Gasteiger partial charge in [-0.15, -0.1) is 0 Å². The van der Waals surface area contributed by atoms with Gasteiger partial charge in [-0.25, -0.2) is 0 Å². The third-order valence-corrected chi connectivity index (χ3v) is 9.06. The Morgan fingerprint density at radius 2 is 1.10 bits per heavy atom. The van der Waals surface area contributed by atoms with Gasteiger partial charge in [-0.1, -0.05) is 12.1 Å². The second-order valence-corrected chi connectivity index (χ2v) is 14.1. The average Bonchev–Trinajstić information content (AvgIpc) is 3.15. The maximum atomic E-state index is 13.6. The molecular formula is C41H44O21. The van der Waals surface area contributed by atoms with E-state index in [1.807, 2.05) is 0 Å². The van der Waals surface area contributed by atoms with Gasteiger partial charge in [0.25, 0.3) is 0 Å². The molecule has 1 N–H and O–H groups in total. The molecule has 0 unspecified atom stereocenters. The summed E-state index contributed by atoms with van der Waals surface area (Å²) >= 11 is 0. The van der Waals surface area contributed by atoms with Crippen LogP contribution in [0.4, 0.5) is 0 Å². The Hall–Kier alpha value is -6.58. The van der Waals surface area contributed by atoms with Crippen molar-refractivity contribution in [3.8, 4) is 28.4 Å². The van der Waals surface area contributed by atoms with Gasteiger partial charge in [0.15, 0.2) is 36.8 Å². The van der Waals surface area contributed by atoms with Crippen LogP contribution in [0.25, 0.3) is 22.1 Å². The van der Waals surface area contributed by atoms with E-state index in [1.54, 1.807) is 0 Å². The Kier molecular flexibility index (Phi) is 14.9. The second-order valence-electron chi connectivity index (χ2n) is 14.1. The predicted molar refractivity (Wildman–Crippen MR) is 204 cm³/mol. The fourth-order valence-corrected chi connectivity index (χ4v) is 6.86. The summed E-state index contributed by atoms with van der Waals surface area (Å²) in [5, 5.41) is 10.9. The number of phenols is 1. The van der Waals surface area contributed by atoms with Gasteiger partial charge in [0.1, 0.15) is 40.6 Å². The summed E-state index contributed by atoms with van der Waals surface area (Å²) in [6, 6.07) is 8.23. The molecule has 10 atom stereocenters. The predicted octanol–water partition coefficient (Wildman–Crippen LogP) is 2.55. The maximum absolute atomic E-state index is 13.6. The summed E-state index contributed by atoms with van der Waals surface area (Å²) in [5.41, 5.74) is -0.367. The molecule has 21 nitrogen and oxygen atoms in total. The van der Waals surface area contributed by atoms with E-state index < -0.39 is 121 Å². The maximum Gasteiger partial charge on any atom is 0.308 e. The lowest BCUT2D eigenvalue weighted by Gasteiger charge is -2.46. The smallest absolute Gasteiger partial charge is 0.308 e. The zero-order valence-electron chi connectivity index (χ0n) is 34.6. The van der Waals surface area contributed by atoms with Crippen LogP contribution in [0.2, 0.25) is 0 Å². The van der Waals surface area contributed by atoms with Crippen molar-refractivity contribution in [3.63, 3.8) is 0 Å². The fraction of sp³-hybridized carbons (Fsp3) is 0.463. The molecule has 5 rings (SSSR count). The number of benzene rings is 2. The highest BCUT2D eigenvalue weighted by molar-refractivity contribution is 5.88. The normalized spacial score (nSPS) is 25.7. The van der Waals surface area contributed by atoms with Crippen molar-refractivity contribution in [3.05, 3.63) is 52.9 Å². The lowest BCUT2D eigenvalue weighted by Crippen LogP contribution is -2.64. The van der Waals surface area contributed by atoms with Gasteiger partial charge in [0, 0.05) is 60.6 Å². The SMILES string of the molecule is CC(=O)Oc1ccc(-c2coc3cc(O[C@@H]4O[C@H](CO[C@H]5O[C@H](C)[C@@H](OC(C)=O)[C@H](OC(C)=O)[C@@H]5OC(C)=O)[C@@H](OC(C)=O)[C@H](OC(C)=O)[C@H]4OC(C)=O)cc(O)c3c2=O)cc1. The summed E-state index contributed by atoms with van der Waals surface area (Å²) < 4.78 is 67.9. The highest BCUT2D eigenvalue weighted by Gasteiger charge is 2.55. The molecule has 3 heterocycles. The molecule has 0 radical (unpaired) electrons. The molecule has 3 aromatic rings. The number of carbonyl (C=O) groups excluding carboxylic acids is 7. The topological polar surface area (TPSA) is 271 Å². The fourth-order valence-electron chi connectivity index (χ4n) is 6.86. The zero-order chi connectivity index (χ0) is 45.6. The monoisotopic (exact) mass is 872 g/mol. The molecular weight excluding hydrogens is 828 g/mol. The van der Waals surface area contributed by atoms with Gasteiger partial charge < -0.3 is 61.6 Å². The Bertz CT molecular complexity index is 2250. The van der Waals surface area contributed by atoms with Crippen molar-refractivity contribution < 1.29 is 95.2 Å². The molecule has 2 aliphatic heterocycles. The van der Waals surface area contributed by atoms with Crippen LogP contribution in [0.1, 0.15) is 55.4 Å². The van der Waals surface area contributed by atoms with E-state index >= 15 is 0 Å². The largest absolute Gasteiger partial charge is 0.507 e. The van der Waals surface area contributed by atoms with E-state index in [9.17, 15) is 43.5 Å². The van der Waals surface area contributed by atoms with E-state index in [0.29, 0.717) is 5.56 Å². The molecule has 2 aliphatic rings. The number of aromatic hydroxyl groups is 1. The Labute approximate surface area is 352 Å². The minimum atomic E-state index is -1.75. The van der Waals surface area contributed by atoms with Crippen LogP contribution in [0.5, 0.6) is 17.2 Å². The van der Waals surface area contributed by atoms with Crippen LogP contribution in [0, 0.1) is 0 Å². The van der Waals surface area contributed by atoms with E-state index in [-0.39, 0.29) is 28.0 Å². The van der Waals surface area contributed by atoms with Crippen molar-refractivity contribution in [1.82, 2.24) is 0 Å². The number of carbonyl (C=O) groups is 7. The summed E-state index contributed by atoms with van der Waals surface area (Å²) in [7, 11) is 0. The zero-order valence-corrected chi connectivity index (χ0v) is 34.6. The summed E-state index contributed by atoms with van der Waals surface area (Å²) in [4.78, 5) is 98.9. The first-order chi connectivity index (χ1) is 29.2. The minimum absolute atomic E-state index is 0.0540. The van der Waals surface area contributed by atoms with Crippen molar-refractivity contribution in [1.29, 1.82) is 0 Å². The number of ether oxygens (including phenoxy) is 11. The number of hydrogen-bond donors (Lipinski definition) is 1. The summed E-state index contributed by atoms with van der Waals surface area (Å²) in [6.07, 6.45) is -13.8. The van der Waals surface area contributed by atoms with Gasteiger partial charge in [-0.3, -0.25) is 38.4 Å². The van der Waals surface area contributed by atoms with Gasteiger partial charge in [-0.05, 0) is 24.6 Å². The average molecular weight is 873 g/mol. The quantitative estimate of drug-likeness (QED) is 0.147. The summed E-state index contributed by atoms with van der Waals surface area (Å²) in [5.74, 6) is -6.28. The van der Waals surface area contributed by atoms with E-state index in [1.165, 1.54) is 44.2 Å². The van der Waals surface area contributed by atoms with E-state index in [2.05, 4.69) is 0 Å². The van der Waals surface area contributed by atoms with Crippen molar-refractivity contribution in [2.75, 3.05) is 6.61 Å². The first-order valence-corrected chi connectivity index (χ1v) is 18.9. The standard InChI is InChI=1S/C41H44O21/c1-17-34(55-19(3)43)36(57-21(5)45)38(59-23(7)47)40(53-17)52-16-31-35(56-20(4)44)37(58-22(6)46)39(60-24(8)48)41(62-31)61-27-13-29(49)32-30(14-27)51-15-28(33(32)50)25-9-11-26(12-10-25)54-18(2)42/h9-15,17,31,34-41,49H,16H2,1-8H3/t17-,31-,34-,35-,36+,37+,38+,39-,40+,41-/m1/s1. The van der Waals surface area contributed by atoms with Crippen LogP contribution in [-0.4, -0.2) is 115 Å². The lowest BCUT2D eigenvalue weighted by atomic mass is 9.97. The molecule has 2 aromatic carbocycles. The lowest BCUT2D eigenvalue weighted by molar-refractivity contribution is -0.323. The molecule has 0 amide bonds. The van der Waals surface area contributed by atoms with E-state index in [4.69, 9.17) is 56.5 Å². The van der Waals surface area contributed by atoms with Gasteiger partial charge in [-0.2, -0.15) is 0 Å². The van der Waals surface area contributed by atoms with Crippen molar-refractivity contribution in [2.24, 2.45) is 0 Å². The number of rotatable bonds is 13. The second kappa shape index (κ2) is 19.9. The molecule has 1 aromatic heterocycles. The molecule has 62 heavy (non-hydrogen) atoms. The first kappa shape index (κ1) is 46.5. The van der Waals surface area contributed by atoms with Crippen molar-refractivity contribution in [2.45, 2.75) is 117 Å². The number of fused-ring (bicyclic) bond motifs is 1. The van der Waals surface area contributed by atoms with Gasteiger partial charge >= 0.3 is 41.8 Å². The van der Waals surface area contributed by atoms with Crippen LogP contribution >= 0.6 is 0 Å². The highest BCUT2D eigenvalue weighted by atomic mass is 16.8. The van der Waals surface area contributed by atoms with Crippen LogP contribution in [0.3, 0.4) is 0 Å². The molecule has 334 valence electrons. The van der Waals surface area contributed by atoms with E-state index in [0.717, 1.165) is 53.9 Å². The third kappa shape index (κ3) is 11.4. The molecule has 0 aliphatic carbocycles.